The van der Waals surface area contributed by atoms with Crippen molar-refractivity contribution in [2.75, 3.05) is 13.2 Å². The molecule has 1 aliphatic rings. The smallest absolute Gasteiger partial charge is 0.160 e. The van der Waals surface area contributed by atoms with Gasteiger partial charge >= 0.3 is 0 Å². The Morgan fingerprint density at radius 1 is 1.42 bits per heavy atom. The molecule has 102 valence electrons. The van der Waals surface area contributed by atoms with E-state index in [0.717, 1.165) is 43.9 Å². The SMILES string of the molecule is CC1CC(NCCc2nnc3ccccn23)CCO1. The topological polar surface area (TPSA) is 51.5 Å². The number of rotatable bonds is 4. The van der Waals surface area contributed by atoms with E-state index in [1.165, 1.54) is 0 Å². The van der Waals surface area contributed by atoms with E-state index >= 15 is 0 Å². The maximum absolute atomic E-state index is 5.55. The third-order valence-electron chi connectivity index (χ3n) is 3.65. The average Bonchev–Trinajstić information content (AvgIpc) is 2.83. The molecule has 5 heteroatoms. The highest BCUT2D eigenvalue weighted by Crippen LogP contribution is 2.13. The van der Waals surface area contributed by atoms with E-state index < -0.39 is 0 Å². The first-order valence-electron chi connectivity index (χ1n) is 6.96. The van der Waals surface area contributed by atoms with Crippen LogP contribution in [-0.4, -0.2) is 39.9 Å². The molecule has 2 atom stereocenters. The number of fused-ring (bicyclic) bond motifs is 1. The Morgan fingerprint density at radius 2 is 2.37 bits per heavy atom. The molecule has 0 aromatic carbocycles. The van der Waals surface area contributed by atoms with Gasteiger partial charge in [0.25, 0.3) is 0 Å². The molecule has 1 aliphatic heterocycles. The van der Waals surface area contributed by atoms with Crippen LogP contribution < -0.4 is 5.32 Å². The third kappa shape index (κ3) is 2.93. The van der Waals surface area contributed by atoms with Crippen LogP contribution in [0.3, 0.4) is 0 Å². The van der Waals surface area contributed by atoms with Crippen LogP contribution in [0.4, 0.5) is 0 Å². The van der Waals surface area contributed by atoms with E-state index in [2.05, 4.69) is 22.4 Å². The van der Waals surface area contributed by atoms with Crippen LogP contribution in [0.5, 0.6) is 0 Å². The second-order valence-corrected chi connectivity index (χ2v) is 5.15. The number of pyridine rings is 1. The molecule has 3 rings (SSSR count). The number of hydrogen-bond donors (Lipinski definition) is 1. The molecule has 0 bridgehead atoms. The molecular weight excluding hydrogens is 240 g/mol. The lowest BCUT2D eigenvalue weighted by Gasteiger charge is -2.27. The summed E-state index contributed by atoms with van der Waals surface area (Å²) in [7, 11) is 0. The second-order valence-electron chi connectivity index (χ2n) is 5.15. The molecule has 2 aromatic rings. The normalized spacial score (nSPS) is 23.8. The van der Waals surface area contributed by atoms with Crippen molar-refractivity contribution >= 4 is 5.65 Å². The number of hydrogen-bond acceptors (Lipinski definition) is 4. The minimum absolute atomic E-state index is 0.375. The molecule has 3 heterocycles. The molecule has 1 N–H and O–H groups in total. The molecule has 0 saturated carbocycles. The van der Waals surface area contributed by atoms with E-state index in [9.17, 15) is 0 Å². The molecule has 0 aliphatic carbocycles. The predicted molar refractivity (Wildman–Crippen MR) is 73.1 cm³/mol. The summed E-state index contributed by atoms with van der Waals surface area (Å²) in [4.78, 5) is 0. The van der Waals surface area contributed by atoms with Gasteiger partial charge in [-0.2, -0.15) is 0 Å². The van der Waals surface area contributed by atoms with Gasteiger partial charge in [-0.25, -0.2) is 0 Å². The van der Waals surface area contributed by atoms with Crippen molar-refractivity contribution < 1.29 is 4.74 Å². The molecular formula is C14H20N4O. The van der Waals surface area contributed by atoms with E-state index in [1.807, 2.05) is 28.8 Å². The lowest BCUT2D eigenvalue weighted by molar-refractivity contribution is 0.0135. The molecule has 1 saturated heterocycles. The van der Waals surface area contributed by atoms with Gasteiger partial charge in [-0.15, -0.1) is 10.2 Å². The molecule has 2 unspecified atom stereocenters. The fourth-order valence-corrected chi connectivity index (χ4v) is 2.63. The van der Waals surface area contributed by atoms with Crippen molar-refractivity contribution in [2.45, 2.75) is 38.3 Å². The summed E-state index contributed by atoms with van der Waals surface area (Å²) in [5, 5.41) is 12.0. The first kappa shape index (κ1) is 12.6. The van der Waals surface area contributed by atoms with Crippen LogP contribution in [-0.2, 0) is 11.2 Å². The predicted octanol–water partition coefficient (Wildman–Crippen LogP) is 1.43. The monoisotopic (exact) mass is 260 g/mol. The quantitative estimate of drug-likeness (QED) is 0.903. The Balaban J connectivity index is 1.55. The highest BCUT2D eigenvalue weighted by atomic mass is 16.5. The Labute approximate surface area is 113 Å². The lowest BCUT2D eigenvalue weighted by Crippen LogP contribution is -2.39. The van der Waals surface area contributed by atoms with Gasteiger partial charge in [0.15, 0.2) is 5.65 Å². The largest absolute Gasteiger partial charge is 0.378 e. The molecule has 19 heavy (non-hydrogen) atoms. The zero-order valence-corrected chi connectivity index (χ0v) is 11.2. The minimum Gasteiger partial charge on any atom is -0.378 e. The zero-order valence-electron chi connectivity index (χ0n) is 11.2. The van der Waals surface area contributed by atoms with Crippen LogP contribution >= 0.6 is 0 Å². The van der Waals surface area contributed by atoms with E-state index in [-0.39, 0.29) is 0 Å². The van der Waals surface area contributed by atoms with Gasteiger partial charge in [0, 0.05) is 31.8 Å². The first-order chi connectivity index (χ1) is 9.33. The Hall–Kier alpha value is -1.46. The number of nitrogens with zero attached hydrogens (tertiary/aromatic N) is 3. The number of aromatic nitrogens is 3. The van der Waals surface area contributed by atoms with E-state index in [4.69, 9.17) is 4.74 Å². The maximum atomic E-state index is 5.55. The van der Waals surface area contributed by atoms with Gasteiger partial charge < -0.3 is 10.1 Å². The fourth-order valence-electron chi connectivity index (χ4n) is 2.63. The summed E-state index contributed by atoms with van der Waals surface area (Å²) < 4.78 is 7.60. The van der Waals surface area contributed by atoms with E-state index in [1.54, 1.807) is 0 Å². The zero-order chi connectivity index (χ0) is 13.1. The number of ether oxygens (including phenoxy) is 1. The minimum atomic E-state index is 0.375. The second kappa shape index (κ2) is 5.67. The van der Waals surface area contributed by atoms with Crippen LogP contribution in [0, 0.1) is 0 Å². The standard InChI is InChI=1S/C14H20N4O/c1-11-10-12(6-9-19-11)15-7-5-14-17-16-13-4-2-3-8-18(13)14/h2-4,8,11-12,15H,5-7,9-10H2,1H3. The summed E-state index contributed by atoms with van der Waals surface area (Å²) in [5.74, 6) is 1.02. The average molecular weight is 260 g/mol. The summed E-state index contributed by atoms with van der Waals surface area (Å²) in [6, 6.07) is 6.54. The van der Waals surface area contributed by atoms with Gasteiger partial charge in [-0.05, 0) is 31.9 Å². The molecule has 1 fully saturated rings. The van der Waals surface area contributed by atoms with Crippen molar-refractivity contribution in [1.82, 2.24) is 19.9 Å². The van der Waals surface area contributed by atoms with Gasteiger partial charge in [-0.1, -0.05) is 6.07 Å². The van der Waals surface area contributed by atoms with Crippen molar-refractivity contribution in [3.8, 4) is 0 Å². The molecule has 5 nitrogen and oxygen atoms in total. The van der Waals surface area contributed by atoms with Gasteiger partial charge in [0.2, 0.25) is 0 Å². The molecule has 0 radical (unpaired) electrons. The van der Waals surface area contributed by atoms with Crippen molar-refractivity contribution in [3.63, 3.8) is 0 Å². The van der Waals surface area contributed by atoms with Gasteiger partial charge in [0.1, 0.15) is 5.82 Å². The summed E-state index contributed by atoms with van der Waals surface area (Å²) in [6.45, 7) is 3.94. The maximum Gasteiger partial charge on any atom is 0.160 e. The highest BCUT2D eigenvalue weighted by Gasteiger charge is 2.18. The summed E-state index contributed by atoms with van der Waals surface area (Å²) >= 11 is 0. The van der Waals surface area contributed by atoms with Crippen LogP contribution in [0.15, 0.2) is 24.4 Å². The van der Waals surface area contributed by atoms with Gasteiger partial charge in [0.05, 0.1) is 6.10 Å². The van der Waals surface area contributed by atoms with E-state index in [0.29, 0.717) is 12.1 Å². The lowest BCUT2D eigenvalue weighted by atomic mass is 10.0. The van der Waals surface area contributed by atoms with Crippen molar-refractivity contribution in [2.24, 2.45) is 0 Å². The Morgan fingerprint density at radius 3 is 3.26 bits per heavy atom. The molecule has 0 spiro atoms. The summed E-state index contributed by atoms with van der Waals surface area (Å²) in [5.41, 5.74) is 0.914. The third-order valence-corrected chi connectivity index (χ3v) is 3.65. The van der Waals surface area contributed by atoms with Crippen LogP contribution in [0.25, 0.3) is 5.65 Å². The van der Waals surface area contributed by atoms with Crippen LogP contribution in [0.2, 0.25) is 0 Å². The summed E-state index contributed by atoms with van der Waals surface area (Å²) in [6.07, 6.45) is 5.49. The molecule has 0 amide bonds. The molecule has 2 aromatic heterocycles. The van der Waals surface area contributed by atoms with Gasteiger partial charge in [-0.3, -0.25) is 4.40 Å². The van der Waals surface area contributed by atoms with Crippen LogP contribution in [0.1, 0.15) is 25.6 Å². The van der Waals surface area contributed by atoms with Crippen molar-refractivity contribution in [3.05, 3.63) is 30.2 Å². The Kier molecular flexibility index (Phi) is 3.75. The highest BCUT2D eigenvalue weighted by molar-refractivity contribution is 5.36. The van der Waals surface area contributed by atoms with Crippen molar-refractivity contribution in [1.29, 1.82) is 0 Å². The Bertz CT molecular complexity index is 539. The number of nitrogens with one attached hydrogen (secondary N) is 1. The first-order valence-corrected chi connectivity index (χ1v) is 6.96. The fraction of sp³-hybridized carbons (Fsp3) is 0.571.